The second-order valence-corrected chi connectivity index (χ2v) is 6.64. The molecule has 2 nitrogen and oxygen atoms in total. The monoisotopic (exact) mass is 209 g/mol. The van der Waals surface area contributed by atoms with Crippen molar-refractivity contribution in [3.05, 3.63) is 0 Å². The largest absolute Gasteiger partial charge is 0.303 e. The summed E-state index contributed by atoms with van der Waals surface area (Å²) < 4.78 is 0. The number of carbonyl (C=O) groups is 1. The van der Waals surface area contributed by atoms with E-state index in [1.807, 2.05) is 0 Å². The third-order valence-corrected chi connectivity index (χ3v) is 4.06. The number of fused-ring (bicyclic) bond motifs is 2. The predicted octanol–water partition coefficient (Wildman–Crippen LogP) is 2.48. The fourth-order valence-electron chi connectivity index (χ4n) is 4.06. The lowest BCUT2D eigenvalue weighted by molar-refractivity contribution is -0.108. The lowest BCUT2D eigenvalue weighted by Gasteiger charge is -2.39. The number of aldehydes is 1. The Morgan fingerprint density at radius 3 is 2.73 bits per heavy atom. The van der Waals surface area contributed by atoms with Gasteiger partial charge in [0.2, 0.25) is 0 Å². The third-order valence-electron chi connectivity index (χ3n) is 4.06. The maximum absolute atomic E-state index is 10.4. The van der Waals surface area contributed by atoms with Crippen LogP contribution < -0.4 is 0 Å². The average Bonchev–Trinajstić information content (AvgIpc) is 2.31. The molecular weight excluding hydrogens is 186 g/mol. The van der Waals surface area contributed by atoms with Gasteiger partial charge in [-0.25, -0.2) is 0 Å². The summed E-state index contributed by atoms with van der Waals surface area (Å²) in [5.41, 5.74) is 1.00. The molecule has 1 aliphatic heterocycles. The molecule has 2 fully saturated rings. The Bertz CT molecular complexity index is 261. The standard InChI is InChI=1S/C13H23NO/c1-12(2)7-11-8-13(3,9-12)10-14(11)5-4-6-15/h6,11H,4-5,7-10H2,1-3H3. The fraction of sp³-hybridized carbons (Fsp3) is 0.923. The van der Waals surface area contributed by atoms with Crippen molar-refractivity contribution in [3.8, 4) is 0 Å². The molecule has 2 aliphatic rings. The first-order valence-electron chi connectivity index (χ1n) is 6.12. The Labute approximate surface area is 93.0 Å². The van der Waals surface area contributed by atoms with Crippen molar-refractivity contribution < 1.29 is 4.79 Å². The molecule has 2 atom stereocenters. The van der Waals surface area contributed by atoms with Gasteiger partial charge in [-0.05, 0) is 30.1 Å². The topological polar surface area (TPSA) is 20.3 Å². The minimum Gasteiger partial charge on any atom is -0.303 e. The van der Waals surface area contributed by atoms with E-state index in [1.54, 1.807) is 0 Å². The van der Waals surface area contributed by atoms with Crippen LogP contribution in [0.2, 0.25) is 0 Å². The number of hydrogen-bond donors (Lipinski definition) is 0. The van der Waals surface area contributed by atoms with E-state index < -0.39 is 0 Å². The van der Waals surface area contributed by atoms with E-state index in [0.29, 0.717) is 17.3 Å². The Morgan fingerprint density at radius 2 is 2.07 bits per heavy atom. The molecule has 1 aliphatic carbocycles. The van der Waals surface area contributed by atoms with Crippen molar-refractivity contribution >= 4 is 6.29 Å². The van der Waals surface area contributed by atoms with Gasteiger partial charge in [0.05, 0.1) is 0 Å². The summed E-state index contributed by atoms with van der Waals surface area (Å²) >= 11 is 0. The van der Waals surface area contributed by atoms with Crippen LogP contribution in [0.15, 0.2) is 0 Å². The molecule has 0 aromatic heterocycles. The summed E-state index contributed by atoms with van der Waals surface area (Å²) in [5, 5.41) is 0. The second kappa shape index (κ2) is 3.58. The summed E-state index contributed by atoms with van der Waals surface area (Å²) in [6.45, 7) is 9.37. The molecule has 2 unspecified atom stereocenters. The predicted molar refractivity (Wildman–Crippen MR) is 61.8 cm³/mol. The van der Waals surface area contributed by atoms with Crippen LogP contribution in [0, 0.1) is 10.8 Å². The maximum Gasteiger partial charge on any atom is 0.121 e. The van der Waals surface area contributed by atoms with Crippen LogP contribution >= 0.6 is 0 Å². The van der Waals surface area contributed by atoms with E-state index in [4.69, 9.17) is 0 Å². The quantitative estimate of drug-likeness (QED) is 0.666. The van der Waals surface area contributed by atoms with Crippen molar-refractivity contribution in [1.82, 2.24) is 4.90 Å². The molecule has 2 bridgehead atoms. The van der Waals surface area contributed by atoms with Crippen LogP contribution in [0.3, 0.4) is 0 Å². The van der Waals surface area contributed by atoms with Crippen LogP contribution in [0.1, 0.15) is 46.5 Å². The zero-order chi connectivity index (χ0) is 11.1. The van der Waals surface area contributed by atoms with E-state index in [-0.39, 0.29) is 0 Å². The van der Waals surface area contributed by atoms with Crippen LogP contribution in [-0.4, -0.2) is 30.3 Å². The Hall–Kier alpha value is -0.370. The highest BCUT2D eigenvalue weighted by atomic mass is 16.1. The van der Waals surface area contributed by atoms with Crippen molar-refractivity contribution in [3.63, 3.8) is 0 Å². The van der Waals surface area contributed by atoms with Gasteiger partial charge in [0.25, 0.3) is 0 Å². The van der Waals surface area contributed by atoms with Gasteiger partial charge in [-0.3, -0.25) is 4.90 Å². The summed E-state index contributed by atoms with van der Waals surface area (Å²) in [5.74, 6) is 0. The zero-order valence-electron chi connectivity index (χ0n) is 10.3. The van der Waals surface area contributed by atoms with Gasteiger partial charge in [0, 0.05) is 25.6 Å². The molecular formula is C13H23NO. The lowest BCUT2D eigenvalue weighted by atomic mass is 9.65. The van der Waals surface area contributed by atoms with Crippen molar-refractivity contribution in [2.24, 2.45) is 10.8 Å². The van der Waals surface area contributed by atoms with E-state index >= 15 is 0 Å². The molecule has 0 radical (unpaired) electrons. The number of likely N-dealkylation sites (tertiary alicyclic amines) is 1. The molecule has 2 rings (SSSR count). The number of carbonyl (C=O) groups excluding carboxylic acids is 1. The highest BCUT2D eigenvalue weighted by Gasteiger charge is 2.49. The number of rotatable bonds is 3. The van der Waals surface area contributed by atoms with Gasteiger partial charge in [-0.1, -0.05) is 20.8 Å². The molecule has 0 aromatic carbocycles. The Balaban J connectivity index is 2.06. The number of nitrogens with zero attached hydrogens (tertiary/aromatic N) is 1. The normalized spacial score (nSPS) is 39.3. The molecule has 1 heterocycles. The van der Waals surface area contributed by atoms with Crippen LogP contribution in [0.5, 0.6) is 0 Å². The van der Waals surface area contributed by atoms with Crippen molar-refractivity contribution in [2.45, 2.75) is 52.5 Å². The fourth-order valence-corrected chi connectivity index (χ4v) is 4.06. The first-order chi connectivity index (χ1) is 6.94. The minimum atomic E-state index is 0.494. The Kier molecular flexibility index (Phi) is 2.66. The van der Waals surface area contributed by atoms with Crippen LogP contribution in [0.4, 0.5) is 0 Å². The molecule has 0 N–H and O–H groups in total. The van der Waals surface area contributed by atoms with Gasteiger partial charge in [0.15, 0.2) is 0 Å². The lowest BCUT2D eigenvalue weighted by Crippen LogP contribution is -2.35. The summed E-state index contributed by atoms with van der Waals surface area (Å²) in [7, 11) is 0. The first kappa shape index (κ1) is 11.1. The van der Waals surface area contributed by atoms with E-state index in [2.05, 4.69) is 25.7 Å². The Morgan fingerprint density at radius 1 is 1.33 bits per heavy atom. The van der Waals surface area contributed by atoms with Gasteiger partial charge < -0.3 is 4.79 Å². The summed E-state index contributed by atoms with van der Waals surface area (Å²) in [6, 6.07) is 0.735. The molecule has 0 aromatic rings. The smallest absolute Gasteiger partial charge is 0.121 e. The first-order valence-corrected chi connectivity index (χ1v) is 6.12. The molecule has 1 saturated carbocycles. The molecule has 15 heavy (non-hydrogen) atoms. The van der Waals surface area contributed by atoms with Crippen LogP contribution in [0.25, 0.3) is 0 Å². The third kappa shape index (κ3) is 2.25. The molecule has 0 spiro atoms. The molecule has 2 heteroatoms. The second-order valence-electron chi connectivity index (χ2n) is 6.64. The zero-order valence-corrected chi connectivity index (χ0v) is 10.3. The summed E-state index contributed by atoms with van der Waals surface area (Å²) in [6.07, 6.45) is 5.74. The SMILES string of the molecule is CC1(C)CC2CC(C)(CN2CCC=O)C1. The van der Waals surface area contributed by atoms with Crippen molar-refractivity contribution in [2.75, 3.05) is 13.1 Å². The maximum atomic E-state index is 10.4. The van der Waals surface area contributed by atoms with E-state index in [1.165, 1.54) is 25.8 Å². The highest BCUT2D eigenvalue weighted by Crippen LogP contribution is 2.52. The highest BCUT2D eigenvalue weighted by molar-refractivity contribution is 5.49. The van der Waals surface area contributed by atoms with E-state index in [0.717, 1.165) is 18.9 Å². The van der Waals surface area contributed by atoms with Gasteiger partial charge >= 0.3 is 0 Å². The van der Waals surface area contributed by atoms with Gasteiger partial charge in [-0.15, -0.1) is 0 Å². The van der Waals surface area contributed by atoms with Gasteiger partial charge in [-0.2, -0.15) is 0 Å². The molecule has 1 saturated heterocycles. The average molecular weight is 209 g/mol. The minimum absolute atomic E-state index is 0.494. The van der Waals surface area contributed by atoms with E-state index in [9.17, 15) is 4.79 Å². The van der Waals surface area contributed by atoms with Gasteiger partial charge in [0.1, 0.15) is 6.29 Å². The van der Waals surface area contributed by atoms with Crippen LogP contribution in [-0.2, 0) is 4.79 Å². The van der Waals surface area contributed by atoms with Crippen molar-refractivity contribution in [1.29, 1.82) is 0 Å². The molecule has 86 valence electrons. The molecule has 0 amide bonds. The number of hydrogen-bond acceptors (Lipinski definition) is 2. The summed E-state index contributed by atoms with van der Waals surface area (Å²) in [4.78, 5) is 13.0.